The standard InChI is InChI=1S/C16H12O6/c1-20-15-10(8-12(17)18)7-9-4-6-22-16(9)13(15)14(19)11-3-2-5-21-11/h2-7H,8H2,1H3,(H,17,18). The summed E-state index contributed by atoms with van der Waals surface area (Å²) < 4.78 is 15.8. The molecular weight excluding hydrogens is 288 g/mol. The number of furan rings is 2. The second-order valence-electron chi connectivity index (χ2n) is 4.66. The number of rotatable bonds is 5. The number of fused-ring (bicyclic) bond motifs is 1. The van der Waals surface area contributed by atoms with Gasteiger partial charge in [0.1, 0.15) is 16.9 Å². The molecular formula is C16H12O6. The number of hydrogen-bond acceptors (Lipinski definition) is 5. The molecule has 0 saturated carbocycles. The third-order valence-electron chi connectivity index (χ3n) is 3.29. The van der Waals surface area contributed by atoms with Crippen molar-refractivity contribution in [2.45, 2.75) is 6.42 Å². The molecule has 0 aliphatic carbocycles. The Balaban J connectivity index is 2.27. The lowest BCUT2D eigenvalue weighted by Gasteiger charge is -2.12. The van der Waals surface area contributed by atoms with Gasteiger partial charge >= 0.3 is 5.97 Å². The zero-order valence-corrected chi connectivity index (χ0v) is 11.7. The SMILES string of the molecule is COc1c(CC(=O)O)cc2ccoc2c1C(=O)c1ccco1. The van der Waals surface area contributed by atoms with Crippen LogP contribution in [0.4, 0.5) is 0 Å². The van der Waals surface area contributed by atoms with Crippen LogP contribution in [0.25, 0.3) is 11.0 Å². The van der Waals surface area contributed by atoms with Crippen molar-refractivity contribution in [2.75, 3.05) is 7.11 Å². The fourth-order valence-corrected chi connectivity index (χ4v) is 2.42. The Bertz CT molecular complexity index is 841. The van der Waals surface area contributed by atoms with E-state index in [-0.39, 0.29) is 23.5 Å². The van der Waals surface area contributed by atoms with Crippen LogP contribution in [0, 0.1) is 0 Å². The number of ketones is 1. The van der Waals surface area contributed by atoms with E-state index in [2.05, 4.69) is 0 Å². The fraction of sp³-hybridized carbons (Fsp3) is 0.125. The van der Waals surface area contributed by atoms with Crippen LogP contribution in [0.15, 0.2) is 45.6 Å². The molecule has 0 atom stereocenters. The minimum atomic E-state index is -1.02. The second-order valence-corrected chi connectivity index (χ2v) is 4.66. The Morgan fingerprint density at radius 3 is 2.68 bits per heavy atom. The molecule has 2 aromatic heterocycles. The second kappa shape index (κ2) is 5.40. The Labute approximate surface area is 124 Å². The molecule has 6 heteroatoms. The number of carboxylic acid groups (broad SMARTS) is 1. The third-order valence-corrected chi connectivity index (χ3v) is 3.29. The van der Waals surface area contributed by atoms with Crippen molar-refractivity contribution in [3.05, 3.63) is 53.7 Å². The number of ether oxygens (including phenoxy) is 1. The lowest BCUT2D eigenvalue weighted by molar-refractivity contribution is -0.136. The number of carbonyl (C=O) groups excluding carboxylic acids is 1. The summed E-state index contributed by atoms with van der Waals surface area (Å²) in [6.07, 6.45) is 2.57. The molecule has 112 valence electrons. The maximum Gasteiger partial charge on any atom is 0.307 e. The summed E-state index contributed by atoms with van der Waals surface area (Å²) in [5.41, 5.74) is 0.905. The first-order chi connectivity index (χ1) is 10.6. The maximum atomic E-state index is 12.7. The predicted octanol–water partition coefficient (Wildman–Crippen LogP) is 2.89. The first kappa shape index (κ1) is 13.9. The lowest BCUT2D eigenvalue weighted by Crippen LogP contribution is -2.09. The summed E-state index contributed by atoms with van der Waals surface area (Å²) >= 11 is 0. The van der Waals surface area contributed by atoms with E-state index < -0.39 is 11.8 Å². The van der Waals surface area contributed by atoms with Crippen LogP contribution in [-0.2, 0) is 11.2 Å². The van der Waals surface area contributed by atoms with Crippen LogP contribution in [0.5, 0.6) is 5.75 Å². The van der Waals surface area contributed by atoms with Gasteiger partial charge in [0, 0.05) is 10.9 Å². The normalized spacial score (nSPS) is 10.8. The van der Waals surface area contributed by atoms with Crippen molar-refractivity contribution < 1.29 is 28.3 Å². The lowest BCUT2D eigenvalue weighted by atomic mass is 9.99. The molecule has 0 saturated heterocycles. The highest BCUT2D eigenvalue weighted by Gasteiger charge is 2.25. The van der Waals surface area contributed by atoms with Crippen LogP contribution in [0.3, 0.4) is 0 Å². The summed E-state index contributed by atoms with van der Waals surface area (Å²) in [6, 6.07) is 6.43. The molecule has 6 nitrogen and oxygen atoms in total. The summed E-state index contributed by atoms with van der Waals surface area (Å²) in [5, 5.41) is 9.67. The molecule has 0 bridgehead atoms. The number of carbonyl (C=O) groups is 2. The van der Waals surface area contributed by atoms with Gasteiger partial charge in [0.05, 0.1) is 26.1 Å². The molecule has 0 unspecified atom stereocenters. The number of aliphatic carboxylic acids is 1. The van der Waals surface area contributed by atoms with Crippen LogP contribution in [0.1, 0.15) is 21.7 Å². The number of benzene rings is 1. The fourth-order valence-electron chi connectivity index (χ4n) is 2.42. The molecule has 0 fully saturated rings. The van der Waals surface area contributed by atoms with Crippen LogP contribution >= 0.6 is 0 Å². The van der Waals surface area contributed by atoms with E-state index in [9.17, 15) is 9.59 Å². The van der Waals surface area contributed by atoms with E-state index in [0.29, 0.717) is 16.5 Å². The smallest absolute Gasteiger partial charge is 0.307 e. The van der Waals surface area contributed by atoms with E-state index >= 15 is 0 Å². The van der Waals surface area contributed by atoms with Crippen molar-refractivity contribution in [3.8, 4) is 5.75 Å². The van der Waals surface area contributed by atoms with Gasteiger partial charge in [-0.05, 0) is 24.3 Å². The summed E-state index contributed by atoms with van der Waals surface area (Å²) in [6.45, 7) is 0. The van der Waals surface area contributed by atoms with Gasteiger partial charge in [0.25, 0.3) is 0 Å². The van der Waals surface area contributed by atoms with E-state index in [1.807, 2.05) is 0 Å². The minimum absolute atomic E-state index is 0.128. The zero-order valence-electron chi connectivity index (χ0n) is 11.7. The van der Waals surface area contributed by atoms with E-state index in [4.69, 9.17) is 18.7 Å². The zero-order chi connectivity index (χ0) is 15.7. The van der Waals surface area contributed by atoms with Gasteiger partial charge in [0.2, 0.25) is 5.78 Å². The topological polar surface area (TPSA) is 89.9 Å². The largest absolute Gasteiger partial charge is 0.496 e. The Hall–Kier alpha value is -3.02. The highest BCUT2D eigenvalue weighted by Crippen LogP contribution is 2.35. The van der Waals surface area contributed by atoms with Gasteiger partial charge in [-0.25, -0.2) is 0 Å². The first-order valence-electron chi connectivity index (χ1n) is 6.49. The highest BCUT2D eigenvalue weighted by molar-refractivity contribution is 6.16. The highest BCUT2D eigenvalue weighted by atomic mass is 16.5. The van der Waals surface area contributed by atoms with Crippen LogP contribution in [0.2, 0.25) is 0 Å². The molecule has 0 spiro atoms. The summed E-state index contributed by atoms with van der Waals surface area (Å²) in [4.78, 5) is 23.7. The molecule has 0 radical (unpaired) electrons. The summed E-state index contributed by atoms with van der Waals surface area (Å²) in [7, 11) is 1.38. The monoisotopic (exact) mass is 300 g/mol. The molecule has 22 heavy (non-hydrogen) atoms. The summed E-state index contributed by atoms with van der Waals surface area (Å²) in [5.74, 6) is -1.12. The molecule has 2 heterocycles. The Morgan fingerprint density at radius 1 is 1.23 bits per heavy atom. The van der Waals surface area contributed by atoms with Gasteiger partial charge < -0.3 is 18.7 Å². The average Bonchev–Trinajstić information content (AvgIpc) is 3.15. The van der Waals surface area contributed by atoms with Gasteiger partial charge in [-0.15, -0.1) is 0 Å². The van der Waals surface area contributed by atoms with Gasteiger partial charge in [-0.3, -0.25) is 9.59 Å². The van der Waals surface area contributed by atoms with Gasteiger partial charge in [-0.2, -0.15) is 0 Å². The van der Waals surface area contributed by atoms with Crippen molar-refractivity contribution in [1.29, 1.82) is 0 Å². The van der Waals surface area contributed by atoms with Gasteiger partial charge in [0.15, 0.2) is 5.76 Å². The number of hydrogen-bond donors (Lipinski definition) is 1. The molecule has 1 aromatic carbocycles. The maximum absolute atomic E-state index is 12.7. The molecule has 0 amide bonds. The average molecular weight is 300 g/mol. The molecule has 3 aromatic rings. The number of methoxy groups -OCH3 is 1. The third kappa shape index (κ3) is 2.24. The van der Waals surface area contributed by atoms with Crippen molar-refractivity contribution >= 4 is 22.7 Å². The Kier molecular flexibility index (Phi) is 3.42. The van der Waals surface area contributed by atoms with Crippen molar-refractivity contribution in [2.24, 2.45) is 0 Å². The molecule has 0 aliphatic heterocycles. The molecule has 3 rings (SSSR count). The van der Waals surface area contributed by atoms with Crippen molar-refractivity contribution in [3.63, 3.8) is 0 Å². The van der Waals surface area contributed by atoms with Crippen molar-refractivity contribution in [1.82, 2.24) is 0 Å². The van der Waals surface area contributed by atoms with Gasteiger partial charge in [-0.1, -0.05) is 0 Å². The number of carboxylic acids is 1. The molecule has 1 N–H and O–H groups in total. The van der Waals surface area contributed by atoms with E-state index in [1.165, 1.54) is 25.7 Å². The quantitative estimate of drug-likeness (QED) is 0.729. The Morgan fingerprint density at radius 2 is 2.05 bits per heavy atom. The minimum Gasteiger partial charge on any atom is -0.496 e. The molecule has 0 aliphatic rings. The first-order valence-corrected chi connectivity index (χ1v) is 6.49. The predicted molar refractivity (Wildman–Crippen MR) is 76.2 cm³/mol. The van der Waals surface area contributed by atoms with Crippen LogP contribution < -0.4 is 4.74 Å². The van der Waals surface area contributed by atoms with E-state index in [1.54, 1.807) is 18.2 Å². The van der Waals surface area contributed by atoms with E-state index in [0.717, 1.165) is 0 Å². The van der Waals surface area contributed by atoms with Crippen LogP contribution in [-0.4, -0.2) is 24.0 Å².